The van der Waals surface area contributed by atoms with E-state index in [9.17, 15) is 14.4 Å². The molecule has 1 aromatic carbocycles. The predicted octanol–water partition coefficient (Wildman–Crippen LogP) is 0.472. The molecule has 2 rings (SSSR count). The molecule has 0 bridgehead atoms. The SMILES string of the molecule is Cc1ccc(C(=O)N2CCN(C(=O)CC[C@H](N)C(=O)O)CC2)cc1. The normalized spacial score (nSPS) is 15.9. The van der Waals surface area contributed by atoms with Gasteiger partial charge < -0.3 is 20.6 Å². The molecule has 2 amide bonds. The van der Waals surface area contributed by atoms with Crippen LogP contribution in [0.4, 0.5) is 0 Å². The molecule has 3 N–H and O–H groups in total. The Morgan fingerprint density at radius 3 is 2.17 bits per heavy atom. The van der Waals surface area contributed by atoms with Crippen molar-refractivity contribution in [1.29, 1.82) is 0 Å². The zero-order valence-corrected chi connectivity index (χ0v) is 13.8. The molecule has 0 spiro atoms. The molecule has 1 atom stereocenters. The van der Waals surface area contributed by atoms with E-state index in [1.807, 2.05) is 31.2 Å². The summed E-state index contributed by atoms with van der Waals surface area (Å²) in [6, 6.07) is 6.40. The number of carboxylic acids is 1. The minimum atomic E-state index is -1.10. The second-order valence-corrected chi connectivity index (χ2v) is 6.02. The number of hydrogen-bond donors (Lipinski definition) is 2. The summed E-state index contributed by atoms with van der Waals surface area (Å²) in [6.07, 6.45) is 0.232. The zero-order valence-electron chi connectivity index (χ0n) is 13.8. The van der Waals surface area contributed by atoms with E-state index in [0.717, 1.165) is 5.56 Å². The summed E-state index contributed by atoms with van der Waals surface area (Å²) in [4.78, 5) is 38.6. The van der Waals surface area contributed by atoms with E-state index in [-0.39, 0.29) is 24.7 Å². The van der Waals surface area contributed by atoms with Crippen molar-refractivity contribution in [3.05, 3.63) is 35.4 Å². The number of benzene rings is 1. The van der Waals surface area contributed by atoms with Crippen LogP contribution >= 0.6 is 0 Å². The molecule has 130 valence electrons. The van der Waals surface area contributed by atoms with Gasteiger partial charge in [0.05, 0.1) is 0 Å². The van der Waals surface area contributed by atoms with Gasteiger partial charge in [0.15, 0.2) is 0 Å². The van der Waals surface area contributed by atoms with Crippen LogP contribution in [0.1, 0.15) is 28.8 Å². The van der Waals surface area contributed by atoms with Crippen molar-refractivity contribution in [2.45, 2.75) is 25.8 Å². The number of rotatable bonds is 5. The molecular formula is C17H23N3O4. The fourth-order valence-corrected chi connectivity index (χ4v) is 2.60. The summed E-state index contributed by atoms with van der Waals surface area (Å²) >= 11 is 0. The summed E-state index contributed by atoms with van der Waals surface area (Å²) in [5.41, 5.74) is 7.15. The number of carboxylic acid groups (broad SMARTS) is 1. The van der Waals surface area contributed by atoms with Crippen molar-refractivity contribution >= 4 is 17.8 Å². The fraction of sp³-hybridized carbons (Fsp3) is 0.471. The van der Waals surface area contributed by atoms with Crippen LogP contribution in [0.2, 0.25) is 0 Å². The monoisotopic (exact) mass is 333 g/mol. The van der Waals surface area contributed by atoms with Gasteiger partial charge in [0.2, 0.25) is 5.91 Å². The van der Waals surface area contributed by atoms with E-state index in [2.05, 4.69) is 0 Å². The molecule has 0 aromatic heterocycles. The van der Waals surface area contributed by atoms with E-state index in [4.69, 9.17) is 10.8 Å². The Kier molecular flexibility index (Phi) is 5.92. The van der Waals surface area contributed by atoms with Crippen molar-refractivity contribution < 1.29 is 19.5 Å². The minimum absolute atomic E-state index is 0.0324. The number of nitrogens with two attached hydrogens (primary N) is 1. The number of carbonyl (C=O) groups is 3. The highest BCUT2D eigenvalue weighted by Crippen LogP contribution is 2.11. The minimum Gasteiger partial charge on any atom is -0.480 e. The molecular weight excluding hydrogens is 310 g/mol. The van der Waals surface area contributed by atoms with Crippen molar-refractivity contribution in [2.75, 3.05) is 26.2 Å². The largest absolute Gasteiger partial charge is 0.480 e. The molecule has 0 saturated carbocycles. The van der Waals surface area contributed by atoms with E-state index in [1.165, 1.54) is 0 Å². The van der Waals surface area contributed by atoms with Gasteiger partial charge in [0, 0.05) is 38.2 Å². The quantitative estimate of drug-likeness (QED) is 0.815. The number of piperazine rings is 1. The number of amides is 2. The number of nitrogens with zero attached hydrogens (tertiary/aromatic N) is 2. The molecule has 1 saturated heterocycles. The van der Waals surface area contributed by atoms with E-state index < -0.39 is 12.0 Å². The molecule has 7 nitrogen and oxygen atoms in total. The Labute approximate surface area is 141 Å². The van der Waals surface area contributed by atoms with Crippen LogP contribution in [0.5, 0.6) is 0 Å². The van der Waals surface area contributed by atoms with Gasteiger partial charge >= 0.3 is 5.97 Å². The van der Waals surface area contributed by atoms with Crippen LogP contribution < -0.4 is 5.73 Å². The van der Waals surface area contributed by atoms with E-state index in [0.29, 0.717) is 31.7 Å². The standard InChI is InChI=1S/C17H23N3O4/c1-12-2-4-13(5-3-12)16(22)20-10-8-19(9-11-20)15(21)7-6-14(18)17(23)24/h2-5,14H,6-11,18H2,1H3,(H,23,24)/t14-/m0/s1. The maximum absolute atomic E-state index is 12.4. The first-order valence-electron chi connectivity index (χ1n) is 8.00. The van der Waals surface area contributed by atoms with Gasteiger partial charge in [-0.05, 0) is 25.5 Å². The van der Waals surface area contributed by atoms with Gasteiger partial charge in [0.1, 0.15) is 6.04 Å². The van der Waals surface area contributed by atoms with Gasteiger partial charge in [0.25, 0.3) is 5.91 Å². The van der Waals surface area contributed by atoms with Gasteiger partial charge in [-0.25, -0.2) is 0 Å². The predicted molar refractivity (Wildman–Crippen MR) is 88.5 cm³/mol. The second-order valence-electron chi connectivity index (χ2n) is 6.02. The zero-order chi connectivity index (χ0) is 17.7. The third-order valence-electron chi connectivity index (χ3n) is 4.20. The highest BCUT2D eigenvalue weighted by Gasteiger charge is 2.25. The van der Waals surface area contributed by atoms with Crippen LogP contribution in [-0.4, -0.2) is 64.9 Å². The highest BCUT2D eigenvalue weighted by atomic mass is 16.4. The Hall–Kier alpha value is -2.41. The summed E-state index contributed by atoms with van der Waals surface area (Å²) in [5, 5.41) is 8.73. The molecule has 24 heavy (non-hydrogen) atoms. The van der Waals surface area contributed by atoms with Gasteiger partial charge in [-0.15, -0.1) is 0 Å². The van der Waals surface area contributed by atoms with Gasteiger partial charge in [-0.2, -0.15) is 0 Å². The highest BCUT2D eigenvalue weighted by molar-refractivity contribution is 5.94. The number of aliphatic carboxylic acids is 1. The van der Waals surface area contributed by atoms with Crippen molar-refractivity contribution in [3.8, 4) is 0 Å². The molecule has 0 unspecified atom stereocenters. The Morgan fingerprint density at radius 2 is 1.62 bits per heavy atom. The van der Waals surface area contributed by atoms with Gasteiger partial charge in [-0.1, -0.05) is 17.7 Å². The number of aryl methyl sites for hydroxylation is 1. The average Bonchev–Trinajstić information content (AvgIpc) is 2.59. The maximum atomic E-state index is 12.4. The number of hydrogen-bond acceptors (Lipinski definition) is 4. The third kappa shape index (κ3) is 4.55. The van der Waals surface area contributed by atoms with Gasteiger partial charge in [-0.3, -0.25) is 14.4 Å². The lowest BCUT2D eigenvalue weighted by molar-refractivity contribution is -0.139. The molecule has 1 aliphatic heterocycles. The molecule has 1 fully saturated rings. The first kappa shape index (κ1) is 17.9. The number of carbonyl (C=O) groups excluding carboxylic acids is 2. The maximum Gasteiger partial charge on any atom is 0.320 e. The lowest BCUT2D eigenvalue weighted by Crippen LogP contribution is -2.50. The third-order valence-corrected chi connectivity index (χ3v) is 4.20. The van der Waals surface area contributed by atoms with Crippen LogP contribution in [0.15, 0.2) is 24.3 Å². The average molecular weight is 333 g/mol. The van der Waals surface area contributed by atoms with E-state index in [1.54, 1.807) is 9.80 Å². The molecule has 7 heteroatoms. The summed E-state index contributed by atoms with van der Waals surface area (Å²) in [7, 11) is 0. The van der Waals surface area contributed by atoms with Crippen molar-refractivity contribution in [1.82, 2.24) is 9.80 Å². The van der Waals surface area contributed by atoms with Crippen molar-refractivity contribution in [3.63, 3.8) is 0 Å². The molecule has 0 radical (unpaired) electrons. The van der Waals surface area contributed by atoms with Crippen LogP contribution in [0.25, 0.3) is 0 Å². The summed E-state index contributed by atoms with van der Waals surface area (Å²) < 4.78 is 0. The topological polar surface area (TPSA) is 104 Å². The lowest BCUT2D eigenvalue weighted by atomic mass is 10.1. The second kappa shape index (κ2) is 7.92. The van der Waals surface area contributed by atoms with Crippen LogP contribution in [0, 0.1) is 6.92 Å². The Balaban J connectivity index is 1.82. The van der Waals surface area contributed by atoms with E-state index >= 15 is 0 Å². The molecule has 1 aliphatic rings. The molecule has 1 heterocycles. The van der Waals surface area contributed by atoms with Crippen molar-refractivity contribution in [2.24, 2.45) is 5.73 Å². The fourth-order valence-electron chi connectivity index (χ4n) is 2.60. The van der Waals surface area contributed by atoms with Crippen LogP contribution in [-0.2, 0) is 9.59 Å². The smallest absolute Gasteiger partial charge is 0.320 e. The summed E-state index contributed by atoms with van der Waals surface area (Å²) in [5.74, 6) is -1.25. The summed E-state index contributed by atoms with van der Waals surface area (Å²) in [6.45, 7) is 3.83. The first-order chi connectivity index (χ1) is 11.4. The Morgan fingerprint density at radius 1 is 1.08 bits per heavy atom. The Bertz CT molecular complexity index is 607. The first-order valence-corrected chi connectivity index (χ1v) is 8.00. The lowest BCUT2D eigenvalue weighted by Gasteiger charge is -2.35. The van der Waals surface area contributed by atoms with Crippen LogP contribution in [0.3, 0.4) is 0 Å². The molecule has 0 aliphatic carbocycles. The molecule has 1 aromatic rings.